The lowest BCUT2D eigenvalue weighted by atomic mass is 9.99. The highest BCUT2D eigenvalue weighted by Crippen LogP contribution is 2.41. The minimum absolute atomic E-state index is 0.0600. The van der Waals surface area contributed by atoms with Gasteiger partial charge in [0.2, 0.25) is 11.5 Å². The second-order valence-electron chi connectivity index (χ2n) is 8.79. The van der Waals surface area contributed by atoms with Crippen LogP contribution in [-0.2, 0) is 19.2 Å². The third kappa shape index (κ3) is 4.84. The molecule has 1 aromatic rings. The zero-order valence-corrected chi connectivity index (χ0v) is 20.5. The van der Waals surface area contributed by atoms with Crippen LogP contribution in [0.25, 0.3) is 0 Å². The average molecular weight is 528 g/mol. The number of piperidine rings is 1. The number of fused-ring (bicyclic) bond motifs is 1. The molecule has 0 saturated carbocycles. The van der Waals surface area contributed by atoms with Crippen molar-refractivity contribution in [2.24, 2.45) is 5.16 Å². The highest BCUT2D eigenvalue weighted by molar-refractivity contribution is 8.00. The van der Waals surface area contributed by atoms with Gasteiger partial charge in [0.15, 0.2) is 5.13 Å². The van der Waals surface area contributed by atoms with Crippen LogP contribution in [0.4, 0.5) is 5.13 Å². The summed E-state index contributed by atoms with van der Waals surface area (Å²) in [5.74, 6) is -2.63. The summed E-state index contributed by atoms with van der Waals surface area (Å²) >= 11 is 2.17. The number of aromatic nitrogens is 2. The number of carbonyl (C=O) groups is 3. The number of oxime groups is 1. The summed E-state index contributed by atoms with van der Waals surface area (Å²) in [6, 6.07) is -1.00. The van der Waals surface area contributed by atoms with Crippen LogP contribution in [0.5, 0.6) is 0 Å². The van der Waals surface area contributed by atoms with Gasteiger partial charge in [0, 0.05) is 29.3 Å². The predicted octanol–water partition coefficient (Wildman–Crippen LogP) is -3.55. The fourth-order valence-electron chi connectivity index (χ4n) is 4.51. The first-order chi connectivity index (χ1) is 16.5. The number of aliphatic hydroxyl groups is 2. The van der Waals surface area contributed by atoms with Crippen molar-refractivity contribution >= 4 is 51.9 Å². The van der Waals surface area contributed by atoms with Crippen molar-refractivity contribution < 1.29 is 39.0 Å². The number of carbonyl (C=O) groups excluding carboxylic acids is 3. The number of carboxylic acid groups (broad SMARTS) is 1. The van der Waals surface area contributed by atoms with Crippen LogP contribution >= 0.6 is 23.3 Å². The number of aliphatic hydroxyl groups excluding tert-OH is 2. The number of likely N-dealkylation sites (tertiary alicyclic amines) is 1. The van der Waals surface area contributed by atoms with Gasteiger partial charge < -0.3 is 40.5 Å². The lowest BCUT2D eigenvalue weighted by molar-refractivity contribution is -0.914. The van der Waals surface area contributed by atoms with Crippen LogP contribution in [-0.4, -0.2) is 116 Å². The van der Waals surface area contributed by atoms with Gasteiger partial charge in [-0.25, -0.2) is 0 Å². The molecular weight excluding hydrogens is 502 g/mol. The second-order valence-corrected chi connectivity index (χ2v) is 10.7. The molecule has 0 bridgehead atoms. The van der Waals surface area contributed by atoms with Crippen molar-refractivity contribution in [2.75, 3.05) is 45.3 Å². The lowest BCUT2D eigenvalue weighted by Crippen LogP contribution is -2.72. The van der Waals surface area contributed by atoms with Crippen molar-refractivity contribution in [3.8, 4) is 0 Å². The van der Waals surface area contributed by atoms with Gasteiger partial charge in [0.05, 0.1) is 31.4 Å². The molecule has 35 heavy (non-hydrogen) atoms. The molecule has 5 atom stereocenters. The summed E-state index contributed by atoms with van der Waals surface area (Å²) in [5.41, 5.74) is 5.58. The van der Waals surface area contributed by atoms with Gasteiger partial charge in [-0.2, -0.15) is 9.36 Å². The molecule has 0 aliphatic carbocycles. The number of likely N-dealkylation sites (N-methyl/N-ethyl adjacent to an activating group) is 1. The van der Waals surface area contributed by atoms with Crippen molar-refractivity contribution in [1.82, 2.24) is 19.6 Å². The maximum Gasteiger partial charge on any atom is 0.278 e. The van der Waals surface area contributed by atoms with Crippen molar-refractivity contribution in [3.05, 3.63) is 17.1 Å². The van der Waals surface area contributed by atoms with E-state index in [1.54, 1.807) is 0 Å². The minimum Gasteiger partial charge on any atom is -0.543 e. The van der Waals surface area contributed by atoms with Gasteiger partial charge in [-0.1, -0.05) is 5.16 Å². The number of amides is 2. The summed E-state index contributed by atoms with van der Waals surface area (Å²) in [6.45, 7) is 1.07. The molecule has 4 heterocycles. The summed E-state index contributed by atoms with van der Waals surface area (Å²) in [4.78, 5) is 47.5. The topological polar surface area (TPSA) is 203 Å². The van der Waals surface area contributed by atoms with Gasteiger partial charge >= 0.3 is 0 Å². The third-order valence-corrected chi connectivity index (χ3v) is 8.07. The van der Waals surface area contributed by atoms with E-state index in [9.17, 15) is 29.7 Å². The highest BCUT2D eigenvalue weighted by atomic mass is 32.2. The smallest absolute Gasteiger partial charge is 0.278 e. The number of carboxylic acids is 1. The molecule has 3 aliphatic heterocycles. The van der Waals surface area contributed by atoms with Gasteiger partial charge in [0.1, 0.15) is 37.7 Å². The van der Waals surface area contributed by atoms with E-state index in [4.69, 9.17) is 10.6 Å². The first-order valence-corrected chi connectivity index (χ1v) is 12.5. The summed E-state index contributed by atoms with van der Waals surface area (Å²) in [6.07, 6.45) is -1.35. The van der Waals surface area contributed by atoms with Crippen LogP contribution in [0, 0.1) is 0 Å². The number of aliphatic carboxylic acids is 1. The fraction of sp³-hybridized carbons (Fsp3) is 0.579. The molecule has 2 unspecified atom stereocenters. The molecule has 4 rings (SSSR count). The summed E-state index contributed by atoms with van der Waals surface area (Å²) < 4.78 is 4.25. The molecule has 1 aromatic heterocycles. The normalized spacial score (nSPS) is 31.0. The van der Waals surface area contributed by atoms with E-state index in [-0.39, 0.29) is 35.5 Å². The number of hydrogen-bond donors (Lipinski definition) is 4. The molecule has 2 saturated heterocycles. The Labute approximate surface area is 208 Å². The van der Waals surface area contributed by atoms with Crippen molar-refractivity contribution in [3.63, 3.8) is 0 Å². The van der Waals surface area contributed by atoms with Gasteiger partial charge in [-0.3, -0.25) is 14.5 Å². The Bertz CT molecular complexity index is 1110. The molecule has 2 amide bonds. The van der Waals surface area contributed by atoms with Gasteiger partial charge in [-0.05, 0) is 0 Å². The van der Waals surface area contributed by atoms with E-state index >= 15 is 0 Å². The molecule has 16 heteroatoms. The van der Waals surface area contributed by atoms with E-state index in [1.165, 1.54) is 18.9 Å². The van der Waals surface area contributed by atoms with E-state index in [1.807, 2.05) is 7.05 Å². The van der Waals surface area contributed by atoms with Crippen LogP contribution in [0.2, 0.25) is 0 Å². The second kappa shape index (κ2) is 9.69. The van der Waals surface area contributed by atoms with Gasteiger partial charge in [0.25, 0.3) is 11.8 Å². The van der Waals surface area contributed by atoms with Crippen LogP contribution in [0.1, 0.15) is 12.2 Å². The maximum absolute atomic E-state index is 13.0. The number of hydrogen-bond acceptors (Lipinski definition) is 13. The molecular formula is C19H25N7O7S2. The van der Waals surface area contributed by atoms with Crippen molar-refractivity contribution in [1.29, 1.82) is 0 Å². The quantitative estimate of drug-likeness (QED) is 0.118. The minimum atomic E-state index is -1.49. The molecule has 2 fully saturated rings. The molecule has 0 radical (unpaired) electrons. The SMILES string of the molecule is CO/N=C(\C(=O)NC1C(=O)N2C(C(=O)[O-])=C(C[N@+]3(C)CCC(O)[C@H](O)C3)CS[C@@H]12)c1nsc(N)n1. The largest absolute Gasteiger partial charge is 0.543 e. The Morgan fingerprint density at radius 1 is 1.40 bits per heavy atom. The molecule has 0 spiro atoms. The number of β-lactam (4-membered cyclic amide) rings is 1. The van der Waals surface area contributed by atoms with Crippen molar-refractivity contribution in [2.45, 2.75) is 30.0 Å². The predicted molar refractivity (Wildman–Crippen MR) is 122 cm³/mol. The molecule has 5 N–H and O–H groups in total. The summed E-state index contributed by atoms with van der Waals surface area (Å²) in [5, 5.41) is 37.6. The average Bonchev–Trinajstić information content (AvgIpc) is 3.23. The number of nitrogens with one attached hydrogen (secondary N) is 1. The Kier molecular flexibility index (Phi) is 7.01. The Morgan fingerprint density at radius 3 is 2.74 bits per heavy atom. The first kappa shape index (κ1) is 25.3. The third-order valence-electron chi connectivity index (χ3n) is 6.19. The number of rotatable bonds is 7. The molecule has 0 aromatic carbocycles. The first-order valence-electron chi connectivity index (χ1n) is 10.6. The number of thioether (sulfide) groups is 1. The monoisotopic (exact) mass is 527 g/mol. The maximum atomic E-state index is 13.0. The number of nitrogens with zero attached hydrogens (tertiary/aromatic N) is 5. The fourth-order valence-corrected chi connectivity index (χ4v) is 6.28. The van der Waals surface area contributed by atoms with Crippen LogP contribution in [0.3, 0.4) is 0 Å². The number of quaternary nitrogens is 1. The number of anilines is 1. The van der Waals surface area contributed by atoms with E-state index < -0.39 is 41.4 Å². The van der Waals surface area contributed by atoms with Crippen LogP contribution in [0.15, 0.2) is 16.4 Å². The molecule has 190 valence electrons. The Balaban J connectivity index is 1.51. The van der Waals surface area contributed by atoms with E-state index in [2.05, 4.69) is 19.8 Å². The zero-order chi connectivity index (χ0) is 25.5. The standard InChI is InChI=1S/C19H25N7O7S2/c1-26(4-3-9(27)10(28)6-26)5-8-7-34-17-12(16(30)25(17)13(8)18(31)32)21-15(29)11(23-33-2)14-22-19(20)35-24-14/h9-10,12,17,27-28H,3-7H2,1-2H3,(H3-,20,21,22,24,29,31,32)/b23-11-/t9?,10-,12?,17+,26+/m1/s1. The zero-order valence-electron chi connectivity index (χ0n) is 18.9. The Hall–Kier alpha value is -2.79. The van der Waals surface area contributed by atoms with E-state index in [0.29, 0.717) is 28.8 Å². The molecule has 14 nitrogen and oxygen atoms in total. The summed E-state index contributed by atoms with van der Waals surface area (Å²) in [7, 11) is 3.10. The molecule has 3 aliphatic rings. The Morgan fingerprint density at radius 2 is 2.14 bits per heavy atom. The van der Waals surface area contributed by atoms with Gasteiger partial charge in [-0.15, -0.1) is 11.8 Å². The van der Waals surface area contributed by atoms with E-state index in [0.717, 1.165) is 16.4 Å². The highest BCUT2D eigenvalue weighted by Gasteiger charge is 2.54. The number of nitrogens with two attached hydrogens (primary N) is 1. The van der Waals surface area contributed by atoms with Crippen LogP contribution < -0.4 is 16.2 Å². The number of nitrogen functional groups attached to an aromatic ring is 1. The lowest BCUT2D eigenvalue weighted by Gasteiger charge is -2.51.